The molecule has 1 heterocycles. The van der Waals surface area contributed by atoms with Crippen molar-refractivity contribution in [1.82, 2.24) is 20.1 Å². The quantitative estimate of drug-likeness (QED) is 0.862. The van der Waals surface area contributed by atoms with Crippen molar-refractivity contribution in [2.75, 3.05) is 0 Å². The van der Waals surface area contributed by atoms with Crippen LogP contribution in [0.15, 0.2) is 35.5 Å². The SMILES string of the molecule is O=S(=O)(NC1CCCCC1Oc1ccc(F)cc1)c1cn[nH]n1. The summed E-state index contributed by atoms with van der Waals surface area (Å²) in [6, 6.07) is 5.33. The largest absolute Gasteiger partial charge is 0.489 e. The van der Waals surface area contributed by atoms with Gasteiger partial charge in [-0.3, -0.25) is 0 Å². The molecular weight excluding hydrogens is 323 g/mol. The van der Waals surface area contributed by atoms with Crippen molar-refractivity contribution in [3.8, 4) is 5.75 Å². The summed E-state index contributed by atoms with van der Waals surface area (Å²) in [6.07, 6.45) is 4.10. The van der Waals surface area contributed by atoms with E-state index in [-0.39, 0.29) is 23.0 Å². The van der Waals surface area contributed by atoms with Crippen LogP contribution < -0.4 is 9.46 Å². The first kappa shape index (κ1) is 15.9. The van der Waals surface area contributed by atoms with Crippen LogP contribution in [-0.4, -0.2) is 36.0 Å². The maximum Gasteiger partial charge on any atom is 0.261 e. The molecule has 0 spiro atoms. The van der Waals surface area contributed by atoms with Crippen LogP contribution in [0.2, 0.25) is 0 Å². The number of nitrogens with zero attached hydrogens (tertiary/aromatic N) is 2. The van der Waals surface area contributed by atoms with E-state index in [1.807, 2.05) is 0 Å². The second kappa shape index (κ2) is 6.63. The summed E-state index contributed by atoms with van der Waals surface area (Å²) in [5.41, 5.74) is 0. The first-order chi connectivity index (χ1) is 11.0. The van der Waals surface area contributed by atoms with Gasteiger partial charge in [-0.05, 0) is 43.5 Å². The van der Waals surface area contributed by atoms with Gasteiger partial charge in [-0.25, -0.2) is 17.5 Å². The fraction of sp³-hybridized carbons (Fsp3) is 0.429. The number of sulfonamides is 1. The molecule has 2 N–H and O–H groups in total. The van der Waals surface area contributed by atoms with Crippen molar-refractivity contribution in [1.29, 1.82) is 0 Å². The summed E-state index contributed by atoms with van der Waals surface area (Å²) in [5.74, 6) is 0.174. The number of ether oxygens (including phenoxy) is 1. The lowest BCUT2D eigenvalue weighted by Gasteiger charge is -2.32. The van der Waals surface area contributed by atoms with Crippen LogP contribution in [0.4, 0.5) is 4.39 Å². The monoisotopic (exact) mass is 340 g/mol. The molecule has 1 aliphatic carbocycles. The number of nitrogens with one attached hydrogen (secondary N) is 2. The summed E-state index contributed by atoms with van der Waals surface area (Å²) in [6.45, 7) is 0. The minimum Gasteiger partial charge on any atom is -0.489 e. The third kappa shape index (κ3) is 3.85. The van der Waals surface area contributed by atoms with Crippen LogP contribution in [0, 0.1) is 5.82 Å². The lowest BCUT2D eigenvalue weighted by Crippen LogP contribution is -2.47. The number of halogens is 1. The van der Waals surface area contributed by atoms with E-state index in [9.17, 15) is 12.8 Å². The number of aromatic amines is 1. The molecule has 3 rings (SSSR count). The summed E-state index contributed by atoms with van der Waals surface area (Å²) in [7, 11) is -3.74. The van der Waals surface area contributed by atoms with Crippen LogP contribution in [0.25, 0.3) is 0 Å². The van der Waals surface area contributed by atoms with Gasteiger partial charge in [-0.1, -0.05) is 6.42 Å². The van der Waals surface area contributed by atoms with Crippen LogP contribution >= 0.6 is 0 Å². The lowest BCUT2D eigenvalue weighted by molar-refractivity contribution is 0.124. The smallest absolute Gasteiger partial charge is 0.261 e. The Kier molecular flexibility index (Phi) is 4.58. The molecule has 2 unspecified atom stereocenters. The molecule has 7 nitrogen and oxygen atoms in total. The van der Waals surface area contributed by atoms with Gasteiger partial charge in [0.1, 0.15) is 17.7 Å². The zero-order valence-electron chi connectivity index (χ0n) is 12.3. The molecule has 1 saturated carbocycles. The molecule has 0 radical (unpaired) electrons. The van der Waals surface area contributed by atoms with Gasteiger partial charge in [0.05, 0.1) is 12.2 Å². The minimum atomic E-state index is -3.74. The molecule has 1 fully saturated rings. The summed E-state index contributed by atoms with van der Waals surface area (Å²) in [4.78, 5) is 0. The molecule has 0 aliphatic heterocycles. The van der Waals surface area contributed by atoms with E-state index in [1.165, 1.54) is 24.3 Å². The fourth-order valence-corrected chi connectivity index (χ4v) is 3.78. The third-order valence-corrected chi connectivity index (χ3v) is 5.14. The van der Waals surface area contributed by atoms with E-state index >= 15 is 0 Å². The van der Waals surface area contributed by atoms with Gasteiger partial charge < -0.3 is 4.74 Å². The van der Waals surface area contributed by atoms with Crippen LogP contribution in [-0.2, 0) is 10.0 Å². The zero-order valence-corrected chi connectivity index (χ0v) is 13.1. The second-order valence-corrected chi connectivity index (χ2v) is 7.09. The summed E-state index contributed by atoms with van der Waals surface area (Å²) < 4.78 is 46.0. The van der Waals surface area contributed by atoms with Gasteiger partial charge in [0.2, 0.25) is 5.03 Å². The van der Waals surface area contributed by atoms with Crippen molar-refractivity contribution < 1.29 is 17.5 Å². The van der Waals surface area contributed by atoms with Crippen LogP contribution in [0.5, 0.6) is 5.75 Å². The molecule has 1 aromatic carbocycles. The Hall–Kier alpha value is -2.00. The second-order valence-electron chi connectivity index (χ2n) is 5.43. The minimum absolute atomic E-state index is 0.149. The van der Waals surface area contributed by atoms with Crippen LogP contribution in [0.3, 0.4) is 0 Å². The molecule has 9 heteroatoms. The van der Waals surface area contributed by atoms with E-state index in [0.717, 1.165) is 25.5 Å². The third-order valence-electron chi connectivity index (χ3n) is 3.78. The summed E-state index contributed by atoms with van der Waals surface area (Å²) >= 11 is 0. The van der Waals surface area contributed by atoms with Crippen LogP contribution in [0.1, 0.15) is 25.7 Å². The molecule has 2 aromatic rings. The fourth-order valence-electron chi connectivity index (χ4n) is 2.64. The van der Waals surface area contributed by atoms with E-state index in [0.29, 0.717) is 12.2 Å². The van der Waals surface area contributed by atoms with Gasteiger partial charge in [-0.2, -0.15) is 10.3 Å². The predicted octanol–water partition coefficient (Wildman–Crippen LogP) is 1.61. The maximum atomic E-state index is 13.0. The zero-order chi connectivity index (χ0) is 16.3. The number of H-pyrrole nitrogens is 1. The van der Waals surface area contributed by atoms with E-state index in [2.05, 4.69) is 20.1 Å². The topological polar surface area (TPSA) is 97.0 Å². The highest BCUT2D eigenvalue weighted by molar-refractivity contribution is 7.89. The Morgan fingerprint density at radius 1 is 1.22 bits per heavy atom. The Morgan fingerprint density at radius 2 is 1.96 bits per heavy atom. The average Bonchev–Trinajstić information content (AvgIpc) is 3.06. The number of hydrogen-bond acceptors (Lipinski definition) is 5. The van der Waals surface area contributed by atoms with Gasteiger partial charge in [0.15, 0.2) is 0 Å². The molecule has 0 amide bonds. The van der Waals surface area contributed by atoms with Crippen molar-refractivity contribution >= 4 is 10.0 Å². The Morgan fingerprint density at radius 3 is 2.65 bits per heavy atom. The average molecular weight is 340 g/mol. The maximum absolute atomic E-state index is 13.0. The lowest BCUT2D eigenvalue weighted by atomic mass is 9.93. The van der Waals surface area contributed by atoms with Crippen molar-refractivity contribution in [3.63, 3.8) is 0 Å². The highest BCUT2D eigenvalue weighted by Gasteiger charge is 2.32. The molecule has 0 saturated heterocycles. The number of hydrogen-bond donors (Lipinski definition) is 2. The first-order valence-corrected chi connectivity index (χ1v) is 8.83. The van der Waals surface area contributed by atoms with E-state index in [4.69, 9.17) is 4.74 Å². The molecule has 1 aromatic heterocycles. The van der Waals surface area contributed by atoms with E-state index < -0.39 is 10.0 Å². The Bertz CT molecular complexity index is 734. The van der Waals surface area contributed by atoms with Crippen molar-refractivity contribution in [2.45, 2.75) is 42.9 Å². The van der Waals surface area contributed by atoms with Gasteiger partial charge in [0, 0.05) is 0 Å². The van der Waals surface area contributed by atoms with Gasteiger partial charge in [-0.15, -0.1) is 5.10 Å². The van der Waals surface area contributed by atoms with Crippen molar-refractivity contribution in [3.05, 3.63) is 36.3 Å². The van der Waals surface area contributed by atoms with Gasteiger partial charge >= 0.3 is 0 Å². The molecule has 0 bridgehead atoms. The van der Waals surface area contributed by atoms with E-state index in [1.54, 1.807) is 0 Å². The standard InChI is InChI=1S/C14H17FN4O3S/c15-10-5-7-11(8-6-10)22-13-4-2-1-3-12(13)18-23(20,21)14-9-16-19-17-14/h5-9,12-13,18H,1-4H2,(H,16,17,19). The molecule has 124 valence electrons. The molecule has 1 aliphatic rings. The number of rotatable bonds is 5. The van der Waals surface area contributed by atoms with Crippen molar-refractivity contribution in [2.24, 2.45) is 0 Å². The normalized spacial score (nSPS) is 22.0. The summed E-state index contributed by atoms with van der Waals surface area (Å²) in [5, 5.41) is 9.25. The first-order valence-electron chi connectivity index (χ1n) is 7.35. The van der Waals surface area contributed by atoms with Gasteiger partial charge in [0.25, 0.3) is 10.0 Å². The Labute approximate surface area is 133 Å². The Balaban J connectivity index is 1.72. The molecule has 2 atom stereocenters. The number of aromatic nitrogens is 3. The molecule has 23 heavy (non-hydrogen) atoms. The highest BCUT2D eigenvalue weighted by Crippen LogP contribution is 2.25. The highest BCUT2D eigenvalue weighted by atomic mass is 32.2. The number of benzene rings is 1. The molecular formula is C14H17FN4O3S. The predicted molar refractivity (Wildman–Crippen MR) is 79.8 cm³/mol.